The molecule has 0 spiro atoms. The summed E-state index contributed by atoms with van der Waals surface area (Å²) in [6, 6.07) is 0. The van der Waals surface area contributed by atoms with Crippen molar-refractivity contribution < 1.29 is 9.94 Å². The van der Waals surface area contributed by atoms with Gasteiger partial charge in [-0.2, -0.15) is 0 Å². The third kappa shape index (κ3) is 3.61. The van der Waals surface area contributed by atoms with Gasteiger partial charge in [0.1, 0.15) is 7.11 Å². The molecule has 0 atom stereocenters. The van der Waals surface area contributed by atoms with Crippen molar-refractivity contribution >= 4 is 5.71 Å². The Morgan fingerprint density at radius 2 is 2.38 bits per heavy atom. The Hall–Kier alpha value is -0.570. The summed E-state index contributed by atoms with van der Waals surface area (Å²) < 4.78 is 0. The first-order chi connectivity index (χ1) is 3.81. The van der Waals surface area contributed by atoms with E-state index in [0.29, 0.717) is 6.42 Å². The van der Waals surface area contributed by atoms with Crippen molar-refractivity contribution in [2.75, 3.05) is 13.7 Å². The molecule has 0 radical (unpaired) electrons. The van der Waals surface area contributed by atoms with Gasteiger partial charge in [-0.25, -0.2) is 0 Å². The average Bonchev–Trinajstić information content (AvgIpc) is 1.68. The zero-order valence-corrected chi connectivity index (χ0v) is 5.22. The molecule has 3 heteroatoms. The van der Waals surface area contributed by atoms with Crippen LogP contribution in [0.5, 0.6) is 0 Å². The normalized spacial score (nSPS) is 11.6. The summed E-state index contributed by atoms with van der Waals surface area (Å²) in [5.41, 5.74) is 0.815. The minimum atomic E-state index is 0.138. The summed E-state index contributed by atoms with van der Waals surface area (Å²) in [5, 5.41) is 11.9. The van der Waals surface area contributed by atoms with Crippen molar-refractivity contribution in [1.82, 2.24) is 0 Å². The van der Waals surface area contributed by atoms with Crippen molar-refractivity contribution in [2.24, 2.45) is 5.16 Å². The standard InChI is InChI=1S/C5H11NO2/c1-5(3-4-7)6-8-2/h7H,3-4H2,1-2H3/b6-5+. The second kappa shape index (κ2) is 4.59. The van der Waals surface area contributed by atoms with Gasteiger partial charge in [0.2, 0.25) is 0 Å². The van der Waals surface area contributed by atoms with Crippen molar-refractivity contribution in [3.63, 3.8) is 0 Å². The third-order valence-electron chi connectivity index (χ3n) is 0.721. The Labute approximate surface area is 49.0 Å². The monoisotopic (exact) mass is 117 g/mol. The van der Waals surface area contributed by atoms with E-state index >= 15 is 0 Å². The fourth-order valence-corrected chi connectivity index (χ4v) is 0.363. The molecule has 0 amide bonds. The van der Waals surface area contributed by atoms with E-state index < -0.39 is 0 Å². The molecule has 0 rings (SSSR count). The smallest absolute Gasteiger partial charge is 0.106 e. The predicted octanol–water partition coefficient (Wildman–Crippen LogP) is 0.391. The molecule has 3 nitrogen and oxygen atoms in total. The molecule has 0 aromatic carbocycles. The summed E-state index contributed by atoms with van der Waals surface area (Å²) in [4.78, 5) is 4.43. The number of nitrogens with zero attached hydrogens (tertiary/aromatic N) is 1. The van der Waals surface area contributed by atoms with E-state index in [1.165, 1.54) is 7.11 Å². The molecule has 1 N–H and O–H groups in total. The zero-order chi connectivity index (χ0) is 6.41. The molecule has 0 fully saturated rings. The number of rotatable bonds is 3. The highest BCUT2D eigenvalue weighted by Crippen LogP contribution is 1.83. The minimum absolute atomic E-state index is 0.138. The number of aliphatic hydroxyl groups is 1. The van der Waals surface area contributed by atoms with Crippen LogP contribution in [0.2, 0.25) is 0 Å². The second-order valence-corrected chi connectivity index (χ2v) is 1.48. The number of hydrogen-bond donors (Lipinski definition) is 1. The first-order valence-corrected chi connectivity index (χ1v) is 2.48. The molecule has 0 aliphatic heterocycles. The molecule has 0 bridgehead atoms. The minimum Gasteiger partial charge on any atom is -0.399 e. The topological polar surface area (TPSA) is 41.8 Å². The van der Waals surface area contributed by atoms with Crippen molar-refractivity contribution in [1.29, 1.82) is 0 Å². The highest BCUT2D eigenvalue weighted by atomic mass is 16.6. The van der Waals surface area contributed by atoms with Crippen LogP contribution < -0.4 is 0 Å². The maximum Gasteiger partial charge on any atom is 0.106 e. The average molecular weight is 117 g/mol. The van der Waals surface area contributed by atoms with Gasteiger partial charge in [0.15, 0.2) is 0 Å². The highest BCUT2D eigenvalue weighted by Gasteiger charge is 1.86. The van der Waals surface area contributed by atoms with Gasteiger partial charge in [0.25, 0.3) is 0 Å². The SMILES string of the molecule is CO/N=C(\C)CCO. The largest absolute Gasteiger partial charge is 0.399 e. The molecule has 0 saturated heterocycles. The van der Waals surface area contributed by atoms with Gasteiger partial charge >= 0.3 is 0 Å². The van der Waals surface area contributed by atoms with Crippen LogP contribution in [-0.2, 0) is 4.84 Å². The predicted molar refractivity (Wildman–Crippen MR) is 31.8 cm³/mol. The molecule has 0 aromatic heterocycles. The lowest BCUT2D eigenvalue weighted by Crippen LogP contribution is -1.95. The summed E-state index contributed by atoms with van der Waals surface area (Å²) >= 11 is 0. The van der Waals surface area contributed by atoms with Crippen molar-refractivity contribution in [2.45, 2.75) is 13.3 Å². The maximum absolute atomic E-state index is 8.33. The van der Waals surface area contributed by atoms with Gasteiger partial charge in [-0.3, -0.25) is 0 Å². The lowest BCUT2D eigenvalue weighted by Gasteiger charge is -1.92. The van der Waals surface area contributed by atoms with E-state index in [-0.39, 0.29) is 6.61 Å². The van der Waals surface area contributed by atoms with Crippen LogP contribution in [0.1, 0.15) is 13.3 Å². The van der Waals surface area contributed by atoms with Crippen LogP contribution in [0, 0.1) is 0 Å². The Kier molecular flexibility index (Phi) is 4.26. The summed E-state index contributed by atoms with van der Waals surface area (Å²) in [5.74, 6) is 0. The molecule has 0 heterocycles. The second-order valence-electron chi connectivity index (χ2n) is 1.48. The highest BCUT2D eigenvalue weighted by molar-refractivity contribution is 5.81. The van der Waals surface area contributed by atoms with Gasteiger partial charge in [-0.05, 0) is 6.92 Å². The fraction of sp³-hybridized carbons (Fsp3) is 0.800. The lowest BCUT2D eigenvalue weighted by molar-refractivity contribution is 0.210. The third-order valence-corrected chi connectivity index (χ3v) is 0.721. The zero-order valence-electron chi connectivity index (χ0n) is 5.22. The van der Waals surface area contributed by atoms with Crippen LogP contribution in [0.3, 0.4) is 0 Å². The van der Waals surface area contributed by atoms with Crippen LogP contribution >= 0.6 is 0 Å². The van der Waals surface area contributed by atoms with E-state index in [1.807, 2.05) is 0 Å². The Bertz CT molecular complexity index is 80.5. The molecular formula is C5H11NO2. The van der Waals surface area contributed by atoms with Crippen LogP contribution in [0.25, 0.3) is 0 Å². The molecule has 0 unspecified atom stereocenters. The Morgan fingerprint density at radius 1 is 1.75 bits per heavy atom. The Morgan fingerprint density at radius 3 is 2.75 bits per heavy atom. The van der Waals surface area contributed by atoms with Gasteiger partial charge in [0.05, 0.1) is 5.71 Å². The lowest BCUT2D eigenvalue weighted by atomic mass is 10.3. The number of aliphatic hydroxyl groups excluding tert-OH is 1. The van der Waals surface area contributed by atoms with E-state index in [2.05, 4.69) is 9.99 Å². The molecule has 8 heavy (non-hydrogen) atoms. The van der Waals surface area contributed by atoms with Gasteiger partial charge in [0, 0.05) is 13.0 Å². The summed E-state index contributed by atoms with van der Waals surface area (Å²) in [7, 11) is 1.49. The van der Waals surface area contributed by atoms with Crippen molar-refractivity contribution in [3.05, 3.63) is 0 Å². The first-order valence-electron chi connectivity index (χ1n) is 2.48. The molecular weight excluding hydrogens is 106 g/mol. The van der Waals surface area contributed by atoms with Gasteiger partial charge in [-0.15, -0.1) is 0 Å². The maximum atomic E-state index is 8.33. The fourth-order valence-electron chi connectivity index (χ4n) is 0.363. The molecule has 48 valence electrons. The van der Waals surface area contributed by atoms with E-state index in [9.17, 15) is 0 Å². The quantitative estimate of drug-likeness (QED) is 0.429. The Balaban J connectivity index is 3.29. The van der Waals surface area contributed by atoms with E-state index in [1.54, 1.807) is 6.92 Å². The first kappa shape index (κ1) is 7.43. The molecule has 0 aromatic rings. The molecule has 0 aliphatic carbocycles. The van der Waals surface area contributed by atoms with Gasteiger partial charge < -0.3 is 9.94 Å². The van der Waals surface area contributed by atoms with Crippen molar-refractivity contribution in [3.8, 4) is 0 Å². The summed E-state index contributed by atoms with van der Waals surface area (Å²) in [6.45, 7) is 1.94. The number of hydrogen-bond acceptors (Lipinski definition) is 3. The molecule has 0 saturated carbocycles. The molecule has 0 aliphatic rings. The van der Waals surface area contributed by atoms with Crippen LogP contribution in [0.4, 0.5) is 0 Å². The van der Waals surface area contributed by atoms with E-state index in [0.717, 1.165) is 5.71 Å². The van der Waals surface area contributed by atoms with Crippen LogP contribution in [0.15, 0.2) is 5.16 Å². The summed E-state index contributed by atoms with van der Waals surface area (Å²) in [6.07, 6.45) is 0.591. The number of oxime groups is 1. The van der Waals surface area contributed by atoms with Gasteiger partial charge in [-0.1, -0.05) is 5.16 Å². The van der Waals surface area contributed by atoms with Crippen LogP contribution in [-0.4, -0.2) is 24.5 Å². The van der Waals surface area contributed by atoms with E-state index in [4.69, 9.17) is 5.11 Å².